The molecule has 80 valence electrons. The molecule has 0 spiro atoms. The summed E-state index contributed by atoms with van der Waals surface area (Å²) in [6, 6.07) is 0. The van der Waals surface area contributed by atoms with Gasteiger partial charge in [0.2, 0.25) is 0 Å². The Labute approximate surface area is 80.0 Å². The maximum atomic E-state index is 5.11. The quantitative estimate of drug-likeness (QED) is 0.255. The van der Waals surface area contributed by atoms with Crippen molar-refractivity contribution in [1.82, 2.24) is 0 Å². The SMILES string of the molecule is CC(C)COOCOCOC(C)C. The highest BCUT2D eigenvalue weighted by molar-refractivity contribution is 4.34. The molecule has 0 aliphatic rings. The first kappa shape index (κ1) is 12.8. The first-order valence-electron chi connectivity index (χ1n) is 4.56. The van der Waals surface area contributed by atoms with E-state index >= 15 is 0 Å². The van der Waals surface area contributed by atoms with Crippen LogP contribution in [0.25, 0.3) is 0 Å². The third-order valence-corrected chi connectivity index (χ3v) is 1.10. The van der Waals surface area contributed by atoms with Gasteiger partial charge in [-0.2, -0.15) is 0 Å². The Kier molecular flexibility index (Phi) is 8.33. The van der Waals surface area contributed by atoms with Crippen LogP contribution in [0.3, 0.4) is 0 Å². The molecular weight excluding hydrogens is 172 g/mol. The van der Waals surface area contributed by atoms with E-state index in [-0.39, 0.29) is 19.7 Å². The molecule has 0 aromatic carbocycles. The fourth-order valence-electron chi connectivity index (χ4n) is 0.470. The predicted octanol–water partition coefficient (Wildman–Crippen LogP) is 1.95. The summed E-state index contributed by atoms with van der Waals surface area (Å²) in [6.07, 6.45) is 0.177. The molecule has 0 radical (unpaired) electrons. The molecule has 0 aromatic rings. The van der Waals surface area contributed by atoms with Gasteiger partial charge in [0, 0.05) is 0 Å². The molecule has 0 heterocycles. The van der Waals surface area contributed by atoms with Crippen LogP contribution in [0.15, 0.2) is 0 Å². The molecule has 0 saturated carbocycles. The van der Waals surface area contributed by atoms with E-state index < -0.39 is 0 Å². The maximum absolute atomic E-state index is 5.11. The maximum Gasteiger partial charge on any atom is 0.183 e. The highest BCUT2D eigenvalue weighted by atomic mass is 17.2. The van der Waals surface area contributed by atoms with Crippen molar-refractivity contribution in [3.05, 3.63) is 0 Å². The van der Waals surface area contributed by atoms with Crippen molar-refractivity contribution in [3.8, 4) is 0 Å². The Balaban J connectivity index is 2.92. The minimum Gasteiger partial charge on any atom is -0.353 e. The standard InChI is InChI=1S/C9H20O4/c1-8(2)5-12-13-7-10-6-11-9(3)4/h8-9H,5-7H2,1-4H3. The third kappa shape index (κ3) is 11.8. The van der Waals surface area contributed by atoms with Crippen molar-refractivity contribution >= 4 is 0 Å². The van der Waals surface area contributed by atoms with Gasteiger partial charge in [0.05, 0.1) is 12.7 Å². The Morgan fingerprint density at radius 1 is 0.923 bits per heavy atom. The zero-order valence-corrected chi connectivity index (χ0v) is 8.91. The summed E-state index contributed by atoms with van der Waals surface area (Å²) in [6.45, 7) is 8.91. The first-order chi connectivity index (χ1) is 6.13. The summed E-state index contributed by atoms with van der Waals surface area (Å²) in [4.78, 5) is 9.55. The van der Waals surface area contributed by atoms with Crippen molar-refractivity contribution in [1.29, 1.82) is 0 Å². The molecular formula is C9H20O4. The van der Waals surface area contributed by atoms with Gasteiger partial charge in [0.1, 0.15) is 6.79 Å². The van der Waals surface area contributed by atoms with Crippen LogP contribution < -0.4 is 0 Å². The first-order valence-corrected chi connectivity index (χ1v) is 4.56. The third-order valence-electron chi connectivity index (χ3n) is 1.10. The van der Waals surface area contributed by atoms with Gasteiger partial charge >= 0.3 is 0 Å². The molecule has 0 atom stereocenters. The normalized spacial score (nSPS) is 11.5. The van der Waals surface area contributed by atoms with Crippen LogP contribution in [-0.2, 0) is 19.2 Å². The van der Waals surface area contributed by atoms with Gasteiger partial charge in [-0.1, -0.05) is 13.8 Å². The van der Waals surface area contributed by atoms with Crippen molar-refractivity contribution in [3.63, 3.8) is 0 Å². The zero-order chi connectivity index (χ0) is 10.1. The van der Waals surface area contributed by atoms with E-state index in [2.05, 4.69) is 0 Å². The zero-order valence-electron chi connectivity index (χ0n) is 8.91. The van der Waals surface area contributed by atoms with Crippen LogP contribution in [0.1, 0.15) is 27.7 Å². The molecule has 0 rings (SSSR count). The van der Waals surface area contributed by atoms with Gasteiger partial charge in [0.15, 0.2) is 6.79 Å². The second-order valence-electron chi connectivity index (χ2n) is 3.45. The molecule has 0 aliphatic heterocycles. The number of hydrogen-bond acceptors (Lipinski definition) is 4. The van der Waals surface area contributed by atoms with Crippen molar-refractivity contribution < 1.29 is 19.2 Å². The smallest absolute Gasteiger partial charge is 0.183 e. The summed E-state index contributed by atoms with van der Waals surface area (Å²) >= 11 is 0. The monoisotopic (exact) mass is 192 g/mol. The lowest BCUT2D eigenvalue weighted by molar-refractivity contribution is -0.349. The molecule has 4 nitrogen and oxygen atoms in total. The molecule has 0 aliphatic carbocycles. The average molecular weight is 192 g/mol. The largest absolute Gasteiger partial charge is 0.353 e. The average Bonchev–Trinajstić information content (AvgIpc) is 2.01. The number of ether oxygens (including phenoxy) is 2. The van der Waals surface area contributed by atoms with Crippen LogP contribution in [0, 0.1) is 5.92 Å². The van der Waals surface area contributed by atoms with E-state index in [0.717, 1.165) is 0 Å². The molecule has 0 unspecified atom stereocenters. The van der Waals surface area contributed by atoms with Crippen molar-refractivity contribution in [2.75, 3.05) is 20.2 Å². The summed E-state index contributed by atoms with van der Waals surface area (Å²) < 4.78 is 10.1. The molecule has 0 amide bonds. The lowest BCUT2D eigenvalue weighted by Crippen LogP contribution is -2.10. The molecule has 4 heteroatoms. The van der Waals surface area contributed by atoms with E-state index in [1.165, 1.54) is 0 Å². The Hall–Kier alpha value is -0.160. The number of hydrogen-bond donors (Lipinski definition) is 0. The van der Waals surface area contributed by atoms with E-state index in [0.29, 0.717) is 12.5 Å². The lowest BCUT2D eigenvalue weighted by Gasteiger charge is -2.08. The molecule has 0 bridgehead atoms. The minimum absolute atomic E-state index is 0.111. The van der Waals surface area contributed by atoms with Crippen LogP contribution in [-0.4, -0.2) is 26.3 Å². The van der Waals surface area contributed by atoms with Crippen LogP contribution in [0.2, 0.25) is 0 Å². The van der Waals surface area contributed by atoms with E-state index in [1.807, 2.05) is 27.7 Å². The highest BCUT2D eigenvalue weighted by Gasteiger charge is 1.95. The van der Waals surface area contributed by atoms with Gasteiger partial charge in [-0.25, -0.2) is 9.78 Å². The van der Waals surface area contributed by atoms with Crippen LogP contribution in [0.5, 0.6) is 0 Å². The summed E-state index contributed by atoms with van der Waals surface area (Å²) in [5.41, 5.74) is 0. The lowest BCUT2D eigenvalue weighted by atomic mass is 10.2. The Morgan fingerprint density at radius 3 is 2.15 bits per heavy atom. The van der Waals surface area contributed by atoms with Crippen LogP contribution >= 0.6 is 0 Å². The fourth-order valence-corrected chi connectivity index (χ4v) is 0.470. The van der Waals surface area contributed by atoms with Crippen molar-refractivity contribution in [2.24, 2.45) is 5.92 Å². The topological polar surface area (TPSA) is 36.9 Å². The molecule has 0 N–H and O–H groups in total. The second kappa shape index (κ2) is 8.44. The molecule has 0 saturated heterocycles. The molecule has 0 fully saturated rings. The summed E-state index contributed by atoms with van der Waals surface area (Å²) in [5.74, 6) is 0.465. The van der Waals surface area contributed by atoms with E-state index in [1.54, 1.807) is 0 Å². The van der Waals surface area contributed by atoms with Gasteiger partial charge in [0.25, 0.3) is 0 Å². The van der Waals surface area contributed by atoms with Gasteiger partial charge in [-0.15, -0.1) is 0 Å². The summed E-state index contributed by atoms with van der Waals surface area (Å²) in [7, 11) is 0. The number of rotatable bonds is 8. The van der Waals surface area contributed by atoms with Crippen LogP contribution in [0.4, 0.5) is 0 Å². The van der Waals surface area contributed by atoms with Gasteiger partial charge in [-0.05, 0) is 19.8 Å². The minimum atomic E-state index is 0.111. The molecule has 13 heavy (non-hydrogen) atoms. The van der Waals surface area contributed by atoms with E-state index in [9.17, 15) is 0 Å². The van der Waals surface area contributed by atoms with Gasteiger partial charge < -0.3 is 9.47 Å². The summed E-state index contributed by atoms with van der Waals surface area (Å²) in [5, 5.41) is 0. The predicted molar refractivity (Wildman–Crippen MR) is 48.9 cm³/mol. The fraction of sp³-hybridized carbons (Fsp3) is 1.00. The van der Waals surface area contributed by atoms with Crippen molar-refractivity contribution in [2.45, 2.75) is 33.8 Å². The van der Waals surface area contributed by atoms with Gasteiger partial charge in [-0.3, -0.25) is 0 Å². The Bertz CT molecular complexity index is 91.8. The highest BCUT2D eigenvalue weighted by Crippen LogP contribution is 1.93. The van der Waals surface area contributed by atoms with E-state index in [4.69, 9.17) is 19.2 Å². The Morgan fingerprint density at radius 2 is 1.62 bits per heavy atom. The second-order valence-corrected chi connectivity index (χ2v) is 3.45. The molecule has 0 aromatic heterocycles.